The Kier molecular flexibility index (Phi) is 3.42. The predicted octanol–water partition coefficient (Wildman–Crippen LogP) is 3.59. The van der Waals surface area contributed by atoms with Gasteiger partial charge in [0.1, 0.15) is 5.82 Å². The molecule has 0 radical (unpaired) electrons. The lowest BCUT2D eigenvalue weighted by molar-refractivity contribution is 1.22. The van der Waals surface area contributed by atoms with Crippen molar-refractivity contribution in [2.24, 2.45) is 0 Å². The number of nitrogens with one attached hydrogen (secondary N) is 1. The van der Waals surface area contributed by atoms with Crippen LogP contribution >= 0.6 is 15.9 Å². The monoisotopic (exact) mass is 339 g/mol. The summed E-state index contributed by atoms with van der Waals surface area (Å²) < 4.78 is 0.858. The minimum atomic E-state index is 0.414. The van der Waals surface area contributed by atoms with Crippen LogP contribution in [0.1, 0.15) is 5.56 Å². The van der Waals surface area contributed by atoms with E-state index in [1.807, 2.05) is 18.2 Å². The van der Waals surface area contributed by atoms with Gasteiger partial charge >= 0.3 is 0 Å². The summed E-state index contributed by atoms with van der Waals surface area (Å²) in [7, 11) is 0. The van der Waals surface area contributed by atoms with Gasteiger partial charge in [-0.25, -0.2) is 4.98 Å². The van der Waals surface area contributed by atoms with Gasteiger partial charge in [0.2, 0.25) is 5.95 Å². The first kappa shape index (κ1) is 13.3. The molecule has 0 aliphatic rings. The number of para-hydroxylation sites is 1. The molecule has 102 valence electrons. The van der Waals surface area contributed by atoms with Gasteiger partial charge in [0.25, 0.3) is 0 Å². The molecule has 0 saturated carbocycles. The fourth-order valence-electron chi connectivity index (χ4n) is 1.95. The first-order valence-corrected chi connectivity index (χ1v) is 6.95. The van der Waals surface area contributed by atoms with Crippen LogP contribution < -0.4 is 11.1 Å². The average molecular weight is 340 g/mol. The maximum Gasteiger partial charge on any atom is 0.229 e. The van der Waals surface area contributed by atoms with E-state index in [0.29, 0.717) is 17.3 Å². The Bertz CT molecular complexity index is 852. The van der Waals surface area contributed by atoms with Gasteiger partial charge in [-0.1, -0.05) is 6.07 Å². The number of hydrogen-bond donors (Lipinski definition) is 2. The molecule has 0 fully saturated rings. The number of aromatic nitrogens is 2. The topological polar surface area (TPSA) is 87.6 Å². The molecular formula is C15H10BrN5. The summed E-state index contributed by atoms with van der Waals surface area (Å²) in [6.07, 6.45) is 0. The minimum Gasteiger partial charge on any atom is -0.383 e. The van der Waals surface area contributed by atoms with E-state index in [2.05, 4.69) is 37.3 Å². The van der Waals surface area contributed by atoms with Crippen LogP contribution in [0.5, 0.6) is 0 Å². The largest absolute Gasteiger partial charge is 0.383 e. The second-order valence-corrected chi connectivity index (χ2v) is 5.24. The van der Waals surface area contributed by atoms with Crippen molar-refractivity contribution < 1.29 is 0 Å². The Morgan fingerprint density at radius 3 is 2.57 bits per heavy atom. The smallest absolute Gasteiger partial charge is 0.229 e. The number of hydrogen-bond acceptors (Lipinski definition) is 5. The molecule has 0 atom stereocenters. The van der Waals surface area contributed by atoms with Crippen molar-refractivity contribution in [3.05, 3.63) is 52.5 Å². The molecule has 0 unspecified atom stereocenters. The Morgan fingerprint density at radius 2 is 1.86 bits per heavy atom. The van der Waals surface area contributed by atoms with E-state index in [-0.39, 0.29) is 0 Å². The zero-order chi connectivity index (χ0) is 14.8. The SMILES string of the molecule is N#Cc1ccc(Nc2nc(N)c3cccc(Br)c3n2)cc1. The van der Waals surface area contributed by atoms with Crippen molar-refractivity contribution in [1.82, 2.24) is 9.97 Å². The lowest BCUT2D eigenvalue weighted by atomic mass is 10.2. The molecule has 5 nitrogen and oxygen atoms in total. The molecule has 0 aliphatic heterocycles. The van der Waals surface area contributed by atoms with Crippen molar-refractivity contribution in [1.29, 1.82) is 5.26 Å². The van der Waals surface area contributed by atoms with E-state index in [4.69, 9.17) is 11.0 Å². The number of nitrogen functional groups attached to an aromatic ring is 1. The van der Waals surface area contributed by atoms with Crippen LogP contribution in [0, 0.1) is 11.3 Å². The van der Waals surface area contributed by atoms with Crippen LogP contribution in [0.15, 0.2) is 46.9 Å². The van der Waals surface area contributed by atoms with Crippen LogP contribution in [0.2, 0.25) is 0 Å². The van der Waals surface area contributed by atoms with Gasteiger partial charge in [-0.3, -0.25) is 0 Å². The van der Waals surface area contributed by atoms with E-state index in [9.17, 15) is 0 Å². The highest BCUT2D eigenvalue weighted by molar-refractivity contribution is 9.10. The van der Waals surface area contributed by atoms with Crippen molar-refractivity contribution in [2.75, 3.05) is 11.1 Å². The molecule has 0 aliphatic carbocycles. The summed E-state index contributed by atoms with van der Waals surface area (Å²) in [6, 6.07) is 14.8. The van der Waals surface area contributed by atoms with Crippen LogP contribution in [0.25, 0.3) is 10.9 Å². The normalized spacial score (nSPS) is 10.3. The summed E-state index contributed by atoms with van der Waals surface area (Å²) >= 11 is 3.46. The van der Waals surface area contributed by atoms with Gasteiger partial charge in [-0.05, 0) is 52.3 Å². The fourth-order valence-corrected chi connectivity index (χ4v) is 2.41. The van der Waals surface area contributed by atoms with E-state index in [1.54, 1.807) is 24.3 Å². The summed E-state index contributed by atoms with van der Waals surface area (Å²) in [5.41, 5.74) is 8.11. The first-order chi connectivity index (χ1) is 10.2. The Balaban J connectivity index is 2.00. The average Bonchev–Trinajstić information content (AvgIpc) is 2.49. The van der Waals surface area contributed by atoms with Gasteiger partial charge in [-0.2, -0.15) is 10.2 Å². The van der Waals surface area contributed by atoms with Gasteiger partial charge < -0.3 is 11.1 Å². The second kappa shape index (κ2) is 5.38. The van der Waals surface area contributed by atoms with Crippen LogP contribution in [0.4, 0.5) is 17.5 Å². The molecular weight excluding hydrogens is 330 g/mol. The summed E-state index contributed by atoms with van der Waals surface area (Å²) in [5, 5.41) is 12.7. The standard InChI is InChI=1S/C15H10BrN5/c16-12-3-1-2-11-13(12)20-15(21-14(11)18)19-10-6-4-9(8-17)5-7-10/h1-7H,(H3,18,19,20,21). The first-order valence-electron chi connectivity index (χ1n) is 6.16. The Morgan fingerprint density at radius 1 is 1.10 bits per heavy atom. The number of nitriles is 1. The molecule has 3 rings (SSSR count). The summed E-state index contributed by atoms with van der Waals surface area (Å²) in [5.74, 6) is 0.828. The third-order valence-corrected chi connectivity index (χ3v) is 3.62. The number of fused-ring (bicyclic) bond motifs is 1. The molecule has 3 N–H and O–H groups in total. The molecule has 3 aromatic rings. The van der Waals surface area contributed by atoms with Crippen molar-refractivity contribution in [3.8, 4) is 6.07 Å². The maximum atomic E-state index is 8.79. The third kappa shape index (κ3) is 2.64. The summed E-state index contributed by atoms with van der Waals surface area (Å²) in [4.78, 5) is 8.71. The molecule has 1 heterocycles. The number of halogens is 1. The van der Waals surface area contributed by atoms with Crippen LogP contribution in [0.3, 0.4) is 0 Å². The fraction of sp³-hybridized carbons (Fsp3) is 0. The lowest BCUT2D eigenvalue weighted by Gasteiger charge is -2.08. The van der Waals surface area contributed by atoms with Gasteiger partial charge in [0.15, 0.2) is 0 Å². The quantitative estimate of drug-likeness (QED) is 0.744. The number of benzene rings is 2. The number of nitrogens with zero attached hydrogens (tertiary/aromatic N) is 3. The lowest BCUT2D eigenvalue weighted by Crippen LogP contribution is -2.01. The highest BCUT2D eigenvalue weighted by Gasteiger charge is 2.08. The zero-order valence-corrected chi connectivity index (χ0v) is 12.4. The van der Waals surface area contributed by atoms with E-state index < -0.39 is 0 Å². The third-order valence-electron chi connectivity index (χ3n) is 2.98. The Labute approximate surface area is 129 Å². The maximum absolute atomic E-state index is 8.79. The highest BCUT2D eigenvalue weighted by atomic mass is 79.9. The molecule has 0 amide bonds. The predicted molar refractivity (Wildman–Crippen MR) is 86.1 cm³/mol. The van der Waals surface area contributed by atoms with Crippen molar-refractivity contribution >= 4 is 44.3 Å². The summed E-state index contributed by atoms with van der Waals surface area (Å²) in [6.45, 7) is 0. The van der Waals surface area contributed by atoms with Crippen LogP contribution in [-0.2, 0) is 0 Å². The molecule has 0 spiro atoms. The molecule has 21 heavy (non-hydrogen) atoms. The minimum absolute atomic E-state index is 0.414. The molecule has 0 bridgehead atoms. The number of rotatable bonds is 2. The van der Waals surface area contributed by atoms with E-state index in [1.165, 1.54) is 0 Å². The van der Waals surface area contributed by atoms with Crippen molar-refractivity contribution in [2.45, 2.75) is 0 Å². The van der Waals surface area contributed by atoms with Crippen LogP contribution in [-0.4, -0.2) is 9.97 Å². The molecule has 1 aromatic heterocycles. The molecule has 2 aromatic carbocycles. The Hall–Kier alpha value is -2.65. The zero-order valence-electron chi connectivity index (χ0n) is 10.8. The number of anilines is 3. The molecule has 0 saturated heterocycles. The molecule has 6 heteroatoms. The van der Waals surface area contributed by atoms with Gasteiger partial charge in [0.05, 0.1) is 17.1 Å². The highest BCUT2D eigenvalue weighted by Crippen LogP contribution is 2.27. The van der Waals surface area contributed by atoms with Gasteiger partial charge in [-0.15, -0.1) is 0 Å². The number of nitrogens with two attached hydrogens (primary N) is 1. The van der Waals surface area contributed by atoms with E-state index >= 15 is 0 Å². The van der Waals surface area contributed by atoms with Crippen molar-refractivity contribution in [3.63, 3.8) is 0 Å². The second-order valence-electron chi connectivity index (χ2n) is 4.38. The van der Waals surface area contributed by atoms with Gasteiger partial charge in [0, 0.05) is 15.5 Å². The van der Waals surface area contributed by atoms with E-state index in [0.717, 1.165) is 21.1 Å².